The molecule has 0 bridgehead atoms. The molecule has 0 aromatic carbocycles. The van der Waals surface area contributed by atoms with Crippen LogP contribution in [0.5, 0.6) is 0 Å². The molecule has 0 atom stereocenters. The maximum absolute atomic E-state index is 12.4. The lowest BCUT2D eigenvalue weighted by Gasteiger charge is -2.08. The molecule has 1 rings (SSSR count). The largest absolute Gasteiger partial charge is 0.326 e. The Morgan fingerprint density at radius 3 is 2.71 bits per heavy atom. The summed E-state index contributed by atoms with van der Waals surface area (Å²) < 4.78 is 24.9. The van der Waals surface area contributed by atoms with Gasteiger partial charge in [-0.2, -0.15) is 0 Å². The molecule has 0 fully saturated rings. The molecule has 3 nitrogen and oxygen atoms in total. The third-order valence-electron chi connectivity index (χ3n) is 1.90. The van der Waals surface area contributed by atoms with Crippen molar-refractivity contribution in [1.29, 1.82) is 0 Å². The number of hydrogen-bond acceptors (Lipinski definition) is 3. The summed E-state index contributed by atoms with van der Waals surface area (Å²) in [5.74, 6) is 0. The Hall–Kier alpha value is -1.36. The fraction of sp³-hybridized carbons (Fsp3) is 0.333. The second-order valence-electron chi connectivity index (χ2n) is 2.86. The first-order valence-corrected chi connectivity index (χ1v) is 4.04. The van der Waals surface area contributed by atoms with Crippen LogP contribution in [0.1, 0.15) is 33.7 Å². The number of alkyl halides is 2. The van der Waals surface area contributed by atoms with E-state index >= 15 is 0 Å². The van der Waals surface area contributed by atoms with Crippen molar-refractivity contribution < 1.29 is 13.6 Å². The number of aromatic nitrogens is 1. The van der Waals surface area contributed by atoms with Gasteiger partial charge in [-0.1, -0.05) is 6.07 Å². The normalized spacial score (nSPS) is 10.6. The van der Waals surface area contributed by atoms with E-state index in [1.807, 2.05) is 0 Å². The van der Waals surface area contributed by atoms with Gasteiger partial charge in [0.2, 0.25) is 0 Å². The van der Waals surface area contributed by atoms with Crippen LogP contribution in [0.3, 0.4) is 0 Å². The van der Waals surface area contributed by atoms with Crippen molar-refractivity contribution in [1.82, 2.24) is 4.98 Å². The quantitative estimate of drug-likeness (QED) is 0.754. The molecule has 0 aliphatic heterocycles. The predicted octanol–water partition coefficient (Wildman–Crippen LogP) is 1.60. The molecule has 1 aromatic heterocycles. The number of carbonyl (C=O) groups is 1. The molecule has 0 saturated heterocycles. The summed E-state index contributed by atoms with van der Waals surface area (Å²) in [6.07, 6.45) is -2.24. The molecule has 0 amide bonds. The SMILES string of the molecule is Cc1cc(CN)c(C(F)F)nc1C=O. The van der Waals surface area contributed by atoms with Gasteiger partial charge in [0.1, 0.15) is 11.4 Å². The van der Waals surface area contributed by atoms with Gasteiger partial charge in [-0.05, 0) is 18.1 Å². The number of nitrogens with zero attached hydrogens (tertiary/aromatic N) is 1. The Morgan fingerprint density at radius 1 is 1.64 bits per heavy atom. The molecule has 0 aliphatic carbocycles. The number of aryl methyl sites for hydroxylation is 1. The van der Waals surface area contributed by atoms with Crippen molar-refractivity contribution in [2.24, 2.45) is 5.73 Å². The van der Waals surface area contributed by atoms with Crippen molar-refractivity contribution in [2.75, 3.05) is 0 Å². The molecule has 0 radical (unpaired) electrons. The zero-order chi connectivity index (χ0) is 10.7. The van der Waals surface area contributed by atoms with E-state index in [0.29, 0.717) is 11.8 Å². The van der Waals surface area contributed by atoms with Crippen LogP contribution in [-0.2, 0) is 6.54 Å². The smallest absolute Gasteiger partial charge is 0.280 e. The van der Waals surface area contributed by atoms with Crippen LogP contribution in [0.2, 0.25) is 0 Å². The van der Waals surface area contributed by atoms with Gasteiger partial charge >= 0.3 is 0 Å². The molecule has 0 aliphatic rings. The summed E-state index contributed by atoms with van der Waals surface area (Å²) in [6, 6.07) is 1.47. The summed E-state index contributed by atoms with van der Waals surface area (Å²) in [4.78, 5) is 14.0. The van der Waals surface area contributed by atoms with Crippen molar-refractivity contribution in [3.63, 3.8) is 0 Å². The molecule has 0 spiro atoms. The van der Waals surface area contributed by atoms with E-state index in [4.69, 9.17) is 5.73 Å². The van der Waals surface area contributed by atoms with Gasteiger partial charge in [-0.25, -0.2) is 13.8 Å². The second kappa shape index (κ2) is 4.23. The Kier molecular flexibility index (Phi) is 3.24. The summed E-state index contributed by atoms with van der Waals surface area (Å²) in [6.45, 7) is 1.62. The van der Waals surface area contributed by atoms with Gasteiger partial charge in [-0.3, -0.25) is 4.79 Å². The highest BCUT2D eigenvalue weighted by molar-refractivity contribution is 5.74. The van der Waals surface area contributed by atoms with Crippen molar-refractivity contribution >= 4 is 6.29 Å². The Balaban J connectivity index is 3.32. The highest BCUT2D eigenvalue weighted by Crippen LogP contribution is 2.22. The van der Waals surface area contributed by atoms with E-state index in [9.17, 15) is 13.6 Å². The van der Waals surface area contributed by atoms with E-state index < -0.39 is 12.1 Å². The number of rotatable bonds is 3. The number of halogens is 2. The van der Waals surface area contributed by atoms with Gasteiger partial charge in [0, 0.05) is 6.54 Å². The number of carbonyl (C=O) groups excluding carboxylic acids is 1. The molecule has 1 aromatic rings. The Labute approximate surface area is 79.9 Å². The lowest BCUT2D eigenvalue weighted by Crippen LogP contribution is -2.08. The third-order valence-corrected chi connectivity index (χ3v) is 1.90. The maximum Gasteiger partial charge on any atom is 0.280 e. The molecule has 1 heterocycles. The Morgan fingerprint density at radius 2 is 2.29 bits per heavy atom. The average Bonchev–Trinajstić information content (AvgIpc) is 2.16. The molecule has 0 saturated carbocycles. The zero-order valence-corrected chi connectivity index (χ0v) is 7.63. The van der Waals surface area contributed by atoms with Gasteiger partial charge in [0.15, 0.2) is 6.29 Å². The number of nitrogens with two attached hydrogens (primary N) is 1. The monoisotopic (exact) mass is 200 g/mol. The van der Waals surface area contributed by atoms with E-state index in [0.717, 1.165) is 0 Å². The minimum atomic E-state index is -2.70. The lowest BCUT2D eigenvalue weighted by atomic mass is 10.1. The Bertz CT molecular complexity index is 353. The van der Waals surface area contributed by atoms with Crippen LogP contribution in [0.15, 0.2) is 6.07 Å². The topological polar surface area (TPSA) is 56.0 Å². The fourth-order valence-electron chi connectivity index (χ4n) is 1.17. The zero-order valence-electron chi connectivity index (χ0n) is 7.63. The summed E-state index contributed by atoms with van der Waals surface area (Å²) in [7, 11) is 0. The second-order valence-corrected chi connectivity index (χ2v) is 2.86. The van der Waals surface area contributed by atoms with Gasteiger partial charge in [0.25, 0.3) is 6.43 Å². The average molecular weight is 200 g/mol. The molecule has 2 N–H and O–H groups in total. The number of hydrogen-bond donors (Lipinski definition) is 1. The summed E-state index contributed by atoms with van der Waals surface area (Å²) in [5.41, 5.74) is 5.76. The van der Waals surface area contributed by atoms with E-state index in [1.165, 1.54) is 6.07 Å². The van der Waals surface area contributed by atoms with E-state index in [1.54, 1.807) is 6.92 Å². The fourth-order valence-corrected chi connectivity index (χ4v) is 1.17. The van der Waals surface area contributed by atoms with Crippen molar-refractivity contribution in [2.45, 2.75) is 19.9 Å². The van der Waals surface area contributed by atoms with Crippen molar-refractivity contribution in [3.05, 3.63) is 28.6 Å². The van der Waals surface area contributed by atoms with E-state index in [2.05, 4.69) is 4.98 Å². The van der Waals surface area contributed by atoms with Crippen LogP contribution in [-0.4, -0.2) is 11.3 Å². The predicted molar refractivity (Wildman–Crippen MR) is 47.2 cm³/mol. The van der Waals surface area contributed by atoms with E-state index in [-0.39, 0.29) is 17.8 Å². The number of aldehydes is 1. The first-order chi connectivity index (χ1) is 6.60. The van der Waals surface area contributed by atoms with Crippen LogP contribution < -0.4 is 5.73 Å². The molecule has 5 heteroatoms. The molecule has 76 valence electrons. The highest BCUT2D eigenvalue weighted by Gasteiger charge is 2.16. The molecule has 14 heavy (non-hydrogen) atoms. The third kappa shape index (κ3) is 1.93. The van der Waals surface area contributed by atoms with Crippen LogP contribution >= 0.6 is 0 Å². The van der Waals surface area contributed by atoms with Crippen molar-refractivity contribution in [3.8, 4) is 0 Å². The van der Waals surface area contributed by atoms with Crippen LogP contribution in [0, 0.1) is 6.92 Å². The highest BCUT2D eigenvalue weighted by atomic mass is 19.3. The minimum Gasteiger partial charge on any atom is -0.326 e. The first-order valence-electron chi connectivity index (χ1n) is 4.04. The molecule has 0 unspecified atom stereocenters. The van der Waals surface area contributed by atoms with Gasteiger partial charge in [0.05, 0.1) is 0 Å². The van der Waals surface area contributed by atoms with Gasteiger partial charge in [-0.15, -0.1) is 0 Å². The molecular formula is C9H10F2N2O. The standard InChI is InChI=1S/C9H10F2N2O/c1-5-2-6(3-12)8(9(10)11)13-7(5)4-14/h2,4,9H,3,12H2,1H3. The minimum absolute atomic E-state index is 0.00729. The number of pyridine rings is 1. The van der Waals surface area contributed by atoms with Gasteiger partial charge < -0.3 is 5.73 Å². The van der Waals surface area contributed by atoms with Crippen LogP contribution in [0.25, 0.3) is 0 Å². The first kappa shape index (κ1) is 10.7. The maximum atomic E-state index is 12.4. The molecular weight excluding hydrogens is 190 g/mol. The summed E-state index contributed by atoms with van der Waals surface area (Å²) >= 11 is 0. The lowest BCUT2D eigenvalue weighted by molar-refractivity contribution is 0.111. The van der Waals surface area contributed by atoms with Crippen LogP contribution in [0.4, 0.5) is 8.78 Å². The summed E-state index contributed by atoms with van der Waals surface area (Å²) in [5, 5.41) is 0.